The van der Waals surface area contributed by atoms with Crippen LogP contribution >= 0.6 is 0 Å². The van der Waals surface area contributed by atoms with Gasteiger partial charge in [-0.25, -0.2) is 0 Å². The quantitative estimate of drug-likeness (QED) is 0.846. The van der Waals surface area contributed by atoms with Crippen LogP contribution in [0.4, 0.5) is 0 Å². The zero-order valence-electron chi connectivity index (χ0n) is 11.6. The van der Waals surface area contributed by atoms with Crippen molar-refractivity contribution in [3.05, 3.63) is 30.3 Å². The molecule has 1 N–H and O–H groups in total. The fraction of sp³-hybridized carbons (Fsp3) is 0.600. The van der Waals surface area contributed by atoms with Crippen LogP contribution in [-0.2, 0) is 14.3 Å². The molecule has 1 aromatic carbocycles. The maximum atomic E-state index is 12.3. The number of piperidine rings is 2. The summed E-state index contributed by atoms with van der Waals surface area (Å²) in [6.45, 7) is 2.33. The van der Waals surface area contributed by atoms with Crippen molar-refractivity contribution in [3.8, 4) is 0 Å². The van der Waals surface area contributed by atoms with Gasteiger partial charge in [0.25, 0.3) is 10.1 Å². The molecular weight excluding hydrogens is 274 g/mol. The molecule has 0 amide bonds. The second-order valence-electron chi connectivity index (χ2n) is 5.80. The first-order valence-electron chi connectivity index (χ1n) is 7.50. The summed E-state index contributed by atoms with van der Waals surface area (Å²) in [5.74, 6) is 0. The summed E-state index contributed by atoms with van der Waals surface area (Å²) >= 11 is 0. The predicted octanol–water partition coefficient (Wildman–Crippen LogP) is 0.992. The van der Waals surface area contributed by atoms with Crippen LogP contribution in [0.3, 0.4) is 0 Å². The first-order chi connectivity index (χ1) is 9.67. The minimum atomic E-state index is -3.62. The van der Waals surface area contributed by atoms with E-state index in [1.165, 1.54) is 17.7 Å². The second kappa shape index (κ2) is 5.84. The lowest BCUT2D eigenvalue weighted by molar-refractivity contribution is -0.939. The maximum Gasteiger partial charge on any atom is 0.297 e. The molecule has 0 spiro atoms. The third kappa shape index (κ3) is 2.90. The summed E-state index contributed by atoms with van der Waals surface area (Å²) in [6.07, 6.45) is 5.30. The fourth-order valence-corrected chi connectivity index (χ4v) is 4.67. The lowest BCUT2D eigenvalue weighted by Gasteiger charge is -2.40. The van der Waals surface area contributed by atoms with Gasteiger partial charge in [-0.15, -0.1) is 0 Å². The van der Waals surface area contributed by atoms with E-state index in [1.54, 1.807) is 24.3 Å². The summed E-state index contributed by atoms with van der Waals surface area (Å²) in [4.78, 5) is 1.80. The summed E-state index contributed by atoms with van der Waals surface area (Å²) < 4.78 is 30.3. The van der Waals surface area contributed by atoms with Crippen molar-refractivity contribution in [1.29, 1.82) is 0 Å². The fourth-order valence-electron chi connectivity index (χ4n) is 3.52. The highest BCUT2D eigenvalue weighted by molar-refractivity contribution is 7.86. The Morgan fingerprint density at radius 1 is 1.00 bits per heavy atom. The third-order valence-electron chi connectivity index (χ3n) is 4.50. The van der Waals surface area contributed by atoms with Gasteiger partial charge in [-0.05, 0) is 37.8 Å². The SMILES string of the molecule is O=S(=O)(O[C@H]1CCC[NH+]2CCCC[C@@H]12)c1ccccc1. The second-order valence-corrected chi connectivity index (χ2v) is 7.38. The molecule has 1 unspecified atom stereocenters. The van der Waals surface area contributed by atoms with Crippen molar-refractivity contribution in [3.63, 3.8) is 0 Å². The van der Waals surface area contributed by atoms with Crippen LogP contribution in [0.25, 0.3) is 0 Å². The summed E-state index contributed by atoms with van der Waals surface area (Å²) in [5, 5.41) is 0. The van der Waals surface area contributed by atoms with Gasteiger partial charge in [0.2, 0.25) is 0 Å². The van der Waals surface area contributed by atoms with Gasteiger partial charge in [-0.2, -0.15) is 8.42 Å². The highest BCUT2D eigenvalue weighted by atomic mass is 32.2. The molecule has 0 radical (unpaired) electrons. The van der Waals surface area contributed by atoms with E-state index in [9.17, 15) is 8.42 Å². The molecule has 2 heterocycles. The van der Waals surface area contributed by atoms with Crippen molar-refractivity contribution in [2.24, 2.45) is 0 Å². The lowest BCUT2D eigenvalue weighted by Crippen LogP contribution is -3.18. The Morgan fingerprint density at radius 2 is 1.75 bits per heavy atom. The first kappa shape index (κ1) is 14.0. The Bertz CT molecular complexity index is 541. The molecule has 4 nitrogen and oxygen atoms in total. The van der Waals surface area contributed by atoms with Crippen LogP contribution in [0.5, 0.6) is 0 Å². The first-order valence-corrected chi connectivity index (χ1v) is 8.90. The van der Waals surface area contributed by atoms with Crippen LogP contribution in [-0.4, -0.2) is 33.7 Å². The molecule has 3 rings (SSSR count). The Labute approximate surface area is 120 Å². The molecule has 3 atom stereocenters. The van der Waals surface area contributed by atoms with Crippen molar-refractivity contribution >= 4 is 10.1 Å². The molecule has 0 aliphatic carbocycles. The molecule has 0 saturated carbocycles. The van der Waals surface area contributed by atoms with E-state index in [0.29, 0.717) is 6.04 Å². The molecular formula is C15H22NO3S+. The molecule has 0 bridgehead atoms. The van der Waals surface area contributed by atoms with Gasteiger partial charge in [0, 0.05) is 6.42 Å². The summed E-state index contributed by atoms with van der Waals surface area (Å²) in [6, 6.07) is 8.83. The zero-order chi connectivity index (χ0) is 14.0. The van der Waals surface area contributed by atoms with Crippen molar-refractivity contribution in [2.75, 3.05) is 13.1 Å². The van der Waals surface area contributed by atoms with Crippen molar-refractivity contribution in [1.82, 2.24) is 0 Å². The van der Waals surface area contributed by atoms with E-state index >= 15 is 0 Å². The van der Waals surface area contributed by atoms with Gasteiger partial charge in [0.15, 0.2) is 0 Å². The number of hydrogen-bond acceptors (Lipinski definition) is 3. The Morgan fingerprint density at radius 3 is 2.55 bits per heavy atom. The van der Waals surface area contributed by atoms with E-state index in [0.717, 1.165) is 32.4 Å². The zero-order valence-corrected chi connectivity index (χ0v) is 12.4. The van der Waals surface area contributed by atoms with Crippen LogP contribution in [0.1, 0.15) is 32.1 Å². The lowest BCUT2D eigenvalue weighted by atomic mass is 9.91. The predicted molar refractivity (Wildman–Crippen MR) is 76.1 cm³/mol. The maximum absolute atomic E-state index is 12.3. The number of fused-ring (bicyclic) bond motifs is 1. The van der Waals surface area contributed by atoms with Crippen LogP contribution in [0.15, 0.2) is 35.2 Å². The van der Waals surface area contributed by atoms with Crippen LogP contribution < -0.4 is 4.90 Å². The van der Waals surface area contributed by atoms with Gasteiger partial charge >= 0.3 is 0 Å². The number of benzene rings is 1. The topological polar surface area (TPSA) is 47.8 Å². The molecule has 2 aliphatic heterocycles. The van der Waals surface area contributed by atoms with E-state index in [-0.39, 0.29) is 11.0 Å². The van der Waals surface area contributed by atoms with E-state index in [1.807, 2.05) is 6.07 Å². The van der Waals surface area contributed by atoms with E-state index in [4.69, 9.17) is 4.18 Å². The highest BCUT2D eigenvalue weighted by Gasteiger charge is 2.39. The average Bonchev–Trinajstić information content (AvgIpc) is 2.48. The number of rotatable bonds is 3. The van der Waals surface area contributed by atoms with E-state index in [2.05, 4.69) is 0 Å². The van der Waals surface area contributed by atoms with Gasteiger partial charge < -0.3 is 4.90 Å². The third-order valence-corrected chi connectivity index (χ3v) is 5.85. The number of nitrogens with one attached hydrogen (secondary N) is 1. The standard InChI is InChI=1S/C15H21NO3S/c17-20(18,13-7-2-1-3-8-13)19-15-10-6-12-16-11-5-4-9-14(15)16/h1-3,7-8,14-15H,4-6,9-12H2/p+1/t14-,15-/m0/s1. The average molecular weight is 296 g/mol. The highest BCUT2D eigenvalue weighted by Crippen LogP contribution is 2.22. The van der Waals surface area contributed by atoms with Gasteiger partial charge in [0.05, 0.1) is 18.0 Å². The normalized spacial score (nSPS) is 30.7. The molecule has 0 aromatic heterocycles. The molecule has 1 aromatic rings. The molecule has 2 saturated heterocycles. The number of quaternary nitrogens is 1. The smallest absolute Gasteiger partial charge is 0.297 e. The molecule has 20 heavy (non-hydrogen) atoms. The van der Waals surface area contributed by atoms with Gasteiger partial charge in [-0.1, -0.05) is 18.2 Å². The van der Waals surface area contributed by atoms with E-state index < -0.39 is 10.1 Å². The molecule has 2 fully saturated rings. The Hall–Kier alpha value is -0.910. The minimum absolute atomic E-state index is 0.149. The summed E-state index contributed by atoms with van der Waals surface area (Å²) in [7, 11) is -3.62. The molecule has 5 heteroatoms. The van der Waals surface area contributed by atoms with Gasteiger partial charge in [-0.3, -0.25) is 4.18 Å². The Balaban J connectivity index is 1.76. The van der Waals surface area contributed by atoms with Crippen LogP contribution in [0, 0.1) is 0 Å². The van der Waals surface area contributed by atoms with Crippen molar-refractivity contribution < 1.29 is 17.5 Å². The summed E-state index contributed by atoms with van der Waals surface area (Å²) in [5.41, 5.74) is 0. The monoisotopic (exact) mass is 296 g/mol. The molecule has 2 aliphatic rings. The largest absolute Gasteiger partial charge is 0.330 e. The van der Waals surface area contributed by atoms with Crippen LogP contribution in [0.2, 0.25) is 0 Å². The minimum Gasteiger partial charge on any atom is -0.330 e. The van der Waals surface area contributed by atoms with Crippen molar-refractivity contribution in [2.45, 2.75) is 49.1 Å². The Kier molecular flexibility index (Phi) is 4.10. The number of hydrogen-bond donors (Lipinski definition) is 1. The molecule has 110 valence electrons. The van der Waals surface area contributed by atoms with Gasteiger partial charge in [0.1, 0.15) is 12.1 Å².